The van der Waals surface area contributed by atoms with Crippen LogP contribution >= 0.6 is 11.6 Å². The van der Waals surface area contributed by atoms with Gasteiger partial charge in [-0.2, -0.15) is 13.2 Å². The summed E-state index contributed by atoms with van der Waals surface area (Å²) in [5, 5.41) is 11.2. The van der Waals surface area contributed by atoms with Crippen molar-refractivity contribution in [3.63, 3.8) is 0 Å². The van der Waals surface area contributed by atoms with Crippen molar-refractivity contribution in [2.75, 3.05) is 11.9 Å². The highest BCUT2D eigenvalue weighted by atomic mass is 35.5. The molecule has 8 heteroatoms. The molecule has 0 aliphatic carbocycles. The lowest BCUT2D eigenvalue weighted by Gasteiger charge is -2.20. The van der Waals surface area contributed by atoms with Gasteiger partial charge in [-0.15, -0.1) is 0 Å². The van der Waals surface area contributed by atoms with Crippen LogP contribution in [0.2, 0.25) is 5.28 Å². The molecule has 0 bridgehead atoms. The lowest BCUT2D eigenvalue weighted by molar-refractivity contribution is -0.141. The number of halogens is 4. The number of aliphatic hydroxyl groups is 1. The largest absolute Gasteiger partial charge is 0.433 e. The summed E-state index contributed by atoms with van der Waals surface area (Å²) in [5.41, 5.74) is -1.10. The Kier molecular flexibility index (Phi) is 4.75. The van der Waals surface area contributed by atoms with E-state index in [2.05, 4.69) is 15.3 Å². The van der Waals surface area contributed by atoms with Crippen LogP contribution in [0.5, 0.6) is 0 Å². The molecule has 1 aromatic heterocycles. The predicted octanol–water partition coefficient (Wildman–Crippen LogP) is 2.58. The number of rotatable bonds is 4. The summed E-state index contributed by atoms with van der Waals surface area (Å²) in [4.78, 5) is 6.78. The minimum atomic E-state index is -4.57. The maximum atomic E-state index is 12.5. The molecule has 1 heterocycles. The van der Waals surface area contributed by atoms with Crippen LogP contribution in [0.3, 0.4) is 0 Å². The van der Waals surface area contributed by atoms with Crippen molar-refractivity contribution < 1.29 is 18.3 Å². The molecule has 0 aromatic carbocycles. The molecule has 0 aliphatic rings. The molecule has 0 spiro atoms. The molecule has 1 aromatic rings. The van der Waals surface area contributed by atoms with Crippen molar-refractivity contribution in [3.05, 3.63) is 17.0 Å². The van der Waals surface area contributed by atoms with Crippen molar-refractivity contribution in [2.45, 2.75) is 26.1 Å². The van der Waals surface area contributed by atoms with Crippen LogP contribution < -0.4 is 5.32 Å². The fourth-order valence-corrected chi connectivity index (χ4v) is 1.35. The van der Waals surface area contributed by atoms with Crippen LogP contribution in [0, 0.1) is 5.92 Å². The Morgan fingerprint density at radius 1 is 1.39 bits per heavy atom. The Bertz CT molecular complexity index is 414. The zero-order valence-electron chi connectivity index (χ0n) is 9.79. The topological polar surface area (TPSA) is 58.0 Å². The molecule has 2 atom stereocenters. The van der Waals surface area contributed by atoms with Crippen molar-refractivity contribution in [1.82, 2.24) is 9.97 Å². The van der Waals surface area contributed by atoms with E-state index in [9.17, 15) is 13.2 Å². The van der Waals surface area contributed by atoms with E-state index in [4.69, 9.17) is 16.7 Å². The number of nitrogens with one attached hydrogen (secondary N) is 1. The zero-order chi connectivity index (χ0) is 13.9. The van der Waals surface area contributed by atoms with Gasteiger partial charge in [0.1, 0.15) is 5.82 Å². The second-order valence-electron chi connectivity index (χ2n) is 4.00. The number of anilines is 1. The third-order valence-electron chi connectivity index (χ3n) is 2.51. The predicted molar refractivity (Wildman–Crippen MR) is 61.4 cm³/mol. The van der Waals surface area contributed by atoms with E-state index < -0.39 is 17.2 Å². The van der Waals surface area contributed by atoms with Gasteiger partial charge in [0.15, 0.2) is 5.69 Å². The second-order valence-corrected chi connectivity index (χ2v) is 4.34. The normalized spacial score (nSPS) is 15.3. The number of hydrogen-bond acceptors (Lipinski definition) is 4. The first-order valence-corrected chi connectivity index (χ1v) is 5.61. The van der Waals surface area contributed by atoms with Gasteiger partial charge in [0.25, 0.3) is 0 Å². The zero-order valence-corrected chi connectivity index (χ0v) is 10.5. The van der Waals surface area contributed by atoms with Crippen LogP contribution in [0.4, 0.5) is 19.0 Å². The minimum Gasteiger partial charge on any atom is -0.396 e. The van der Waals surface area contributed by atoms with E-state index in [1.165, 1.54) is 0 Å². The third kappa shape index (κ3) is 3.99. The fraction of sp³-hybridized carbons (Fsp3) is 0.600. The minimum absolute atomic E-state index is 0.0184. The maximum absolute atomic E-state index is 12.5. The van der Waals surface area contributed by atoms with Crippen LogP contribution in [-0.2, 0) is 6.18 Å². The number of aromatic nitrogens is 2. The number of alkyl halides is 3. The van der Waals surface area contributed by atoms with E-state index in [-0.39, 0.29) is 24.4 Å². The summed E-state index contributed by atoms with van der Waals surface area (Å²) in [6.07, 6.45) is -4.57. The fourth-order valence-electron chi connectivity index (χ4n) is 1.17. The molecule has 1 rings (SSSR count). The SMILES string of the molecule is CC(CO)C(C)Nc1cc(C(F)(F)F)nc(Cl)n1. The second kappa shape index (κ2) is 5.71. The van der Waals surface area contributed by atoms with E-state index in [1.54, 1.807) is 13.8 Å². The van der Waals surface area contributed by atoms with Crippen LogP contribution in [-0.4, -0.2) is 27.7 Å². The van der Waals surface area contributed by atoms with Gasteiger partial charge in [-0.25, -0.2) is 9.97 Å². The summed E-state index contributed by atoms with van der Waals surface area (Å²) in [6.45, 7) is 3.40. The van der Waals surface area contributed by atoms with Gasteiger partial charge < -0.3 is 10.4 Å². The smallest absolute Gasteiger partial charge is 0.396 e. The first-order valence-electron chi connectivity index (χ1n) is 5.23. The lowest BCUT2D eigenvalue weighted by Crippen LogP contribution is -2.27. The molecule has 0 fully saturated rings. The van der Waals surface area contributed by atoms with Gasteiger partial charge in [-0.3, -0.25) is 0 Å². The van der Waals surface area contributed by atoms with Gasteiger partial charge >= 0.3 is 6.18 Å². The highest BCUT2D eigenvalue weighted by Crippen LogP contribution is 2.29. The van der Waals surface area contributed by atoms with Crippen LogP contribution in [0.15, 0.2) is 6.07 Å². The molecule has 0 saturated heterocycles. The van der Waals surface area contributed by atoms with Gasteiger partial charge in [0, 0.05) is 18.7 Å². The number of nitrogens with zero attached hydrogens (tertiary/aromatic N) is 2. The Morgan fingerprint density at radius 2 is 2.00 bits per heavy atom. The van der Waals surface area contributed by atoms with Gasteiger partial charge in [0.05, 0.1) is 0 Å². The molecule has 0 amide bonds. The summed E-state index contributed by atoms with van der Waals surface area (Å²) in [7, 11) is 0. The molecule has 0 aliphatic heterocycles. The standard InChI is InChI=1S/C10H13ClF3N3O/c1-5(4-18)6(2)15-8-3-7(10(12,13)14)16-9(11)17-8/h3,5-6,18H,4H2,1-2H3,(H,15,16,17). The lowest BCUT2D eigenvalue weighted by atomic mass is 10.1. The summed E-state index contributed by atoms with van der Waals surface area (Å²) in [5.74, 6) is -0.150. The van der Waals surface area contributed by atoms with E-state index in [0.717, 1.165) is 6.07 Å². The van der Waals surface area contributed by atoms with Crippen molar-refractivity contribution in [1.29, 1.82) is 0 Å². The van der Waals surface area contributed by atoms with E-state index >= 15 is 0 Å². The molecule has 102 valence electrons. The molecule has 2 N–H and O–H groups in total. The highest BCUT2D eigenvalue weighted by molar-refractivity contribution is 6.28. The van der Waals surface area contributed by atoms with Crippen molar-refractivity contribution in [2.24, 2.45) is 5.92 Å². The van der Waals surface area contributed by atoms with Gasteiger partial charge in [-0.05, 0) is 24.4 Å². The molecule has 0 saturated carbocycles. The number of aliphatic hydroxyl groups excluding tert-OH is 1. The van der Waals surface area contributed by atoms with Crippen molar-refractivity contribution >= 4 is 17.4 Å². The maximum Gasteiger partial charge on any atom is 0.433 e. The molecular weight excluding hydrogens is 271 g/mol. The van der Waals surface area contributed by atoms with Crippen LogP contribution in [0.25, 0.3) is 0 Å². The quantitative estimate of drug-likeness (QED) is 0.834. The Labute approximate surface area is 107 Å². The Hall–Kier alpha value is -1.08. The van der Waals surface area contributed by atoms with Crippen molar-refractivity contribution in [3.8, 4) is 0 Å². The van der Waals surface area contributed by atoms with Gasteiger partial charge in [0.2, 0.25) is 5.28 Å². The third-order valence-corrected chi connectivity index (χ3v) is 2.68. The summed E-state index contributed by atoms with van der Waals surface area (Å²) < 4.78 is 37.5. The Balaban J connectivity index is 2.94. The van der Waals surface area contributed by atoms with E-state index in [1.807, 2.05) is 0 Å². The Morgan fingerprint density at radius 3 is 2.50 bits per heavy atom. The molecule has 4 nitrogen and oxygen atoms in total. The van der Waals surface area contributed by atoms with Crippen LogP contribution in [0.1, 0.15) is 19.5 Å². The molecule has 0 radical (unpaired) electrons. The van der Waals surface area contributed by atoms with E-state index in [0.29, 0.717) is 0 Å². The molecular formula is C10H13ClF3N3O. The average Bonchev–Trinajstić information content (AvgIpc) is 2.25. The monoisotopic (exact) mass is 283 g/mol. The molecule has 2 unspecified atom stereocenters. The number of hydrogen-bond donors (Lipinski definition) is 2. The summed E-state index contributed by atoms with van der Waals surface area (Å²) >= 11 is 5.44. The first kappa shape index (κ1) is 15.0. The first-order chi connectivity index (χ1) is 8.24. The summed E-state index contributed by atoms with van der Waals surface area (Å²) in [6, 6.07) is 0.536. The average molecular weight is 284 g/mol. The van der Waals surface area contributed by atoms with Gasteiger partial charge in [-0.1, -0.05) is 6.92 Å². The highest BCUT2D eigenvalue weighted by Gasteiger charge is 2.33. The molecule has 18 heavy (non-hydrogen) atoms.